The summed E-state index contributed by atoms with van der Waals surface area (Å²) >= 11 is 0. The van der Waals surface area contributed by atoms with Crippen molar-refractivity contribution in [2.24, 2.45) is 17.6 Å². The molecule has 482 valence electrons. The molecule has 2 unspecified atom stereocenters. The summed E-state index contributed by atoms with van der Waals surface area (Å²) in [5.41, 5.74) is 7.10. The van der Waals surface area contributed by atoms with Gasteiger partial charge in [0.1, 0.15) is 43.9 Å². The number of aromatic hydroxyl groups is 1. The maximum absolute atomic E-state index is 14.1. The van der Waals surface area contributed by atoms with E-state index in [1.165, 1.54) is 4.90 Å². The molecular weight excluding hydrogens is 1160 g/mol. The van der Waals surface area contributed by atoms with Gasteiger partial charge in [0.2, 0.25) is 41.0 Å². The number of benzene rings is 2. The topological polar surface area (TPSA) is 346 Å². The Labute approximate surface area is 520 Å². The number of nitrogens with zero attached hydrogens (tertiary/aromatic N) is 6. The molecule has 1 saturated carbocycles. The highest BCUT2D eigenvalue weighted by Crippen LogP contribution is 2.43. The van der Waals surface area contributed by atoms with Crippen molar-refractivity contribution in [2.45, 2.75) is 174 Å². The van der Waals surface area contributed by atoms with Crippen LogP contribution < -0.4 is 32.6 Å². The van der Waals surface area contributed by atoms with Crippen LogP contribution in [0.3, 0.4) is 0 Å². The molecular formula is C64H81N11O15. The maximum Gasteiger partial charge on any atom is 0.510 e. The molecule has 5 aromatic rings. The van der Waals surface area contributed by atoms with Crippen LogP contribution in [-0.2, 0) is 102 Å². The lowest BCUT2D eigenvalue weighted by molar-refractivity contribution is -0.175. The van der Waals surface area contributed by atoms with Gasteiger partial charge in [-0.1, -0.05) is 31.2 Å². The third-order valence-corrected chi connectivity index (χ3v) is 17.1. The summed E-state index contributed by atoms with van der Waals surface area (Å²) in [4.78, 5) is 124. The molecule has 4 aliphatic rings. The summed E-state index contributed by atoms with van der Waals surface area (Å²) in [5, 5.41) is 30.9. The average molecular weight is 1240 g/mol. The summed E-state index contributed by atoms with van der Waals surface area (Å²) in [6.45, 7) is 11.5. The highest BCUT2D eigenvalue weighted by molar-refractivity contribution is 6.02. The molecule has 1 aliphatic carbocycles. The van der Waals surface area contributed by atoms with E-state index in [0.717, 1.165) is 29.4 Å². The number of carbonyl (C=O) groups is 8. The molecule has 1 saturated heterocycles. The van der Waals surface area contributed by atoms with E-state index in [2.05, 4.69) is 31.6 Å². The van der Waals surface area contributed by atoms with Crippen LogP contribution >= 0.6 is 0 Å². The lowest BCUT2D eigenvalue weighted by Crippen LogP contribution is -2.47. The Hall–Kier alpha value is -8.62. The Balaban J connectivity index is 0.687. The van der Waals surface area contributed by atoms with E-state index in [4.69, 9.17) is 34.4 Å². The highest BCUT2D eigenvalue weighted by atomic mass is 16.7. The summed E-state index contributed by atoms with van der Waals surface area (Å²) in [7, 11) is 0. The fourth-order valence-corrected chi connectivity index (χ4v) is 12.2. The number of unbranched alkanes of at least 4 members (excludes halogenated alkanes) is 1. The number of nitrogens with one attached hydrogen (secondary N) is 4. The number of fused-ring (bicyclic) bond motifs is 5. The van der Waals surface area contributed by atoms with Gasteiger partial charge < -0.3 is 60.4 Å². The largest absolute Gasteiger partial charge is 0.510 e. The van der Waals surface area contributed by atoms with Crippen molar-refractivity contribution in [1.82, 2.24) is 45.4 Å². The Morgan fingerprint density at radius 1 is 0.911 bits per heavy atom. The van der Waals surface area contributed by atoms with Gasteiger partial charge in [0.15, 0.2) is 0 Å². The molecule has 0 radical (unpaired) electrons. The standard InChI is InChI=1S/C64H81N11O15/c1-7-44-45-27-43(76)20-21-49(45)69-56-46(44)32-74-51(56)28-48-47(59(74)83)34-87-60(84)64(48,8-2)90-61(85)88-33-39-14-18-41(19-15-39)67-58(82)50(11-9-10-25-65)68-52(77)35-86-36-53(78)70-62(3,4)24-26-89-63(5,6)37-73-31-42(71-72-73)29-66-57(81)40-16-12-38(13-17-40)30-75-54(79)22-23-55(75)80/h14-15,18-21,27-28,31,38,40,50,76H,7-13,16-17,22-26,29-30,32-37,65H2,1-6H3,(H,66,81)(H,67,82)(H,68,77)(H,70,78). The van der Waals surface area contributed by atoms with Gasteiger partial charge in [-0.3, -0.25) is 38.5 Å². The number of rotatable bonds is 28. The van der Waals surface area contributed by atoms with Gasteiger partial charge in [0.05, 0.1) is 53.9 Å². The normalized spacial score (nSPS) is 18.3. The van der Waals surface area contributed by atoms with Crippen LogP contribution in [0.5, 0.6) is 5.75 Å². The quantitative estimate of drug-likeness (QED) is 0.0208. The number of esters is 1. The number of hydrogen-bond acceptors (Lipinski definition) is 19. The zero-order valence-corrected chi connectivity index (χ0v) is 51.9. The molecule has 90 heavy (non-hydrogen) atoms. The Morgan fingerprint density at radius 3 is 2.36 bits per heavy atom. The minimum Gasteiger partial charge on any atom is -0.508 e. The molecule has 3 aromatic heterocycles. The maximum atomic E-state index is 14.1. The first kappa shape index (κ1) is 65.8. The molecule has 2 atom stereocenters. The number of likely N-dealkylation sites (tertiary alicyclic amines) is 1. The summed E-state index contributed by atoms with van der Waals surface area (Å²) in [6.07, 6.45) is 6.41. The zero-order valence-electron chi connectivity index (χ0n) is 51.9. The molecule has 6 heterocycles. The lowest BCUT2D eigenvalue weighted by atomic mass is 9.81. The van der Waals surface area contributed by atoms with E-state index < -0.39 is 71.4 Å². The van der Waals surface area contributed by atoms with Crippen molar-refractivity contribution in [3.63, 3.8) is 0 Å². The number of anilines is 1. The first-order valence-electron chi connectivity index (χ1n) is 30.9. The highest BCUT2D eigenvalue weighted by Gasteiger charge is 2.51. The van der Waals surface area contributed by atoms with Crippen molar-refractivity contribution in [3.05, 3.63) is 98.6 Å². The number of aromatic nitrogens is 5. The second-order valence-corrected chi connectivity index (χ2v) is 24.8. The number of cyclic esters (lactones) is 1. The number of imide groups is 1. The Morgan fingerprint density at radius 2 is 1.64 bits per heavy atom. The molecule has 9 rings (SSSR count). The first-order chi connectivity index (χ1) is 43.0. The molecule has 2 fully saturated rings. The van der Waals surface area contributed by atoms with Crippen molar-refractivity contribution < 1.29 is 67.1 Å². The van der Waals surface area contributed by atoms with Crippen LogP contribution in [0, 0.1) is 11.8 Å². The number of phenolic OH excluding ortho intramolecular Hbond substituents is 1. The minimum absolute atomic E-state index is 0.0571. The van der Waals surface area contributed by atoms with Gasteiger partial charge in [-0.05, 0) is 152 Å². The monoisotopic (exact) mass is 1240 g/mol. The van der Waals surface area contributed by atoms with Gasteiger partial charge in [0.25, 0.3) is 5.56 Å². The molecule has 26 nitrogen and oxygen atoms in total. The fourth-order valence-electron chi connectivity index (χ4n) is 12.2. The van der Waals surface area contributed by atoms with Crippen molar-refractivity contribution in [1.29, 1.82) is 0 Å². The van der Waals surface area contributed by atoms with Gasteiger partial charge in [-0.25, -0.2) is 19.3 Å². The molecule has 0 bridgehead atoms. The van der Waals surface area contributed by atoms with Crippen molar-refractivity contribution in [2.75, 3.05) is 38.2 Å². The number of amides is 6. The van der Waals surface area contributed by atoms with E-state index in [1.807, 2.05) is 34.6 Å². The number of phenols is 1. The number of nitrogens with two attached hydrogens (primary N) is 1. The second kappa shape index (κ2) is 28.5. The van der Waals surface area contributed by atoms with E-state index in [9.17, 15) is 48.3 Å². The number of ether oxygens (including phenoxy) is 5. The van der Waals surface area contributed by atoms with Crippen LogP contribution in [-0.4, -0.2) is 132 Å². The van der Waals surface area contributed by atoms with E-state index >= 15 is 0 Å². The number of hydrogen-bond donors (Lipinski definition) is 6. The summed E-state index contributed by atoms with van der Waals surface area (Å²) < 4.78 is 31.7. The van der Waals surface area contributed by atoms with Gasteiger partial charge in [-0.15, -0.1) is 5.10 Å². The SMILES string of the molecule is CCc1c2c(nc3ccc(O)cc13)-c1cc3c(c(=O)n1C2)COC(=O)C3(CC)OC(=O)OCc1ccc(NC(=O)C(CCCCN)NC(=O)COCC(=O)NC(C)(C)CCOC(C)(C)Cn2cc(CNC(=O)C3CCC(CN4C(=O)CCC4=O)CC3)nn2)cc1. The van der Waals surface area contributed by atoms with Crippen LogP contribution in [0.15, 0.2) is 59.5 Å². The van der Waals surface area contributed by atoms with E-state index in [0.29, 0.717) is 92.0 Å². The molecule has 0 spiro atoms. The zero-order chi connectivity index (χ0) is 64.5. The van der Waals surface area contributed by atoms with Gasteiger partial charge in [-0.2, -0.15) is 0 Å². The molecule has 2 aromatic carbocycles. The van der Waals surface area contributed by atoms with Gasteiger partial charge >= 0.3 is 12.1 Å². The lowest BCUT2D eigenvalue weighted by Gasteiger charge is -2.35. The average Bonchev–Trinajstić information content (AvgIpc) is 1.44. The van der Waals surface area contributed by atoms with Crippen LogP contribution in [0.2, 0.25) is 0 Å². The van der Waals surface area contributed by atoms with Crippen LogP contribution in [0.1, 0.15) is 146 Å². The smallest absolute Gasteiger partial charge is 0.508 e. The summed E-state index contributed by atoms with van der Waals surface area (Å²) in [5.74, 6) is -2.57. The number of pyridine rings is 2. The minimum atomic E-state index is -2.01. The van der Waals surface area contributed by atoms with E-state index in [-0.39, 0.29) is 105 Å². The van der Waals surface area contributed by atoms with Crippen molar-refractivity contribution in [3.8, 4) is 17.1 Å². The van der Waals surface area contributed by atoms with Crippen LogP contribution in [0.25, 0.3) is 22.3 Å². The fraction of sp³-hybridized carbons (Fsp3) is 0.531. The Bertz CT molecular complexity index is 3580. The third-order valence-electron chi connectivity index (χ3n) is 17.1. The molecule has 26 heteroatoms. The number of aryl methyl sites for hydroxylation is 1. The van der Waals surface area contributed by atoms with E-state index in [1.54, 1.807) is 70.9 Å². The molecule has 7 N–H and O–H groups in total. The third kappa shape index (κ3) is 15.7. The van der Waals surface area contributed by atoms with Crippen LogP contribution in [0.4, 0.5) is 10.5 Å². The first-order valence-corrected chi connectivity index (χ1v) is 30.9. The second-order valence-electron chi connectivity index (χ2n) is 24.8. The molecule has 3 aliphatic heterocycles. The van der Waals surface area contributed by atoms with Crippen molar-refractivity contribution >= 4 is 64.2 Å². The Kier molecular flexibility index (Phi) is 20.8. The van der Waals surface area contributed by atoms with Gasteiger partial charge in [0, 0.05) is 59.7 Å². The molecule has 6 amide bonds. The predicted molar refractivity (Wildman–Crippen MR) is 325 cm³/mol. The summed E-state index contributed by atoms with van der Waals surface area (Å²) in [6, 6.07) is 12.0. The number of carbonyl (C=O) groups excluding carboxylic acids is 8. The predicted octanol–water partition coefficient (Wildman–Crippen LogP) is 5.22.